The van der Waals surface area contributed by atoms with Crippen molar-refractivity contribution in [1.29, 1.82) is 0 Å². The summed E-state index contributed by atoms with van der Waals surface area (Å²) < 4.78 is 4.68. The fourth-order valence-corrected chi connectivity index (χ4v) is 3.04. The van der Waals surface area contributed by atoms with E-state index in [-0.39, 0.29) is 44.0 Å². The standard InChI is InChI=1S/C19H26N4O5/c1-4-22(11-17(25)21-19(27)28-5-2)12-18(26)23-13(3)10-16(24)20-14-8-6-7-9-15(14)23/h6-9,13H,4-5,10-12H2,1-3H3,(H,20,24)(H,21,25,27)/t13-/m1/s1. The molecule has 0 spiro atoms. The van der Waals surface area contributed by atoms with Gasteiger partial charge in [-0.15, -0.1) is 0 Å². The first-order chi connectivity index (χ1) is 13.3. The van der Waals surface area contributed by atoms with Crippen LogP contribution in [0.5, 0.6) is 0 Å². The van der Waals surface area contributed by atoms with Crippen molar-refractivity contribution < 1.29 is 23.9 Å². The molecule has 0 radical (unpaired) electrons. The topological polar surface area (TPSA) is 108 Å². The van der Waals surface area contributed by atoms with Crippen LogP contribution in [0.2, 0.25) is 0 Å². The van der Waals surface area contributed by atoms with Gasteiger partial charge < -0.3 is 15.0 Å². The summed E-state index contributed by atoms with van der Waals surface area (Å²) in [5.41, 5.74) is 1.20. The Bertz CT molecular complexity index is 752. The summed E-state index contributed by atoms with van der Waals surface area (Å²) in [6.45, 7) is 5.71. The number of carbonyl (C=O) groups is 4. The molecule has 0 unspecified atom stereocenters. The Balaban J connectivity index is 2.10. The van der Waals surface area contributed by atoms with E-state index >= 15 is 0 Å². The second kappa shape index (κ2) is 9.84. The number of rotatable bonds is 6. The van der Waals surface area contributed by atoms with Crippen LogP contribution in [0.25, 0.3) is 0 Å². The molecule has 0 fully saturated rings. The van der Waals surface area contributed by atoms with Gasteiger partial charge in [0, 0.05) is 12.5 Å². The molecular weight excluding hydrogens is 364 g/mol. The van der Waals surface area contributed by atoms with E-state index < -0.39 is 12.0 Å². The van der Waals surface area contributed by atoms with Gasteiger partial charge in [-0.25, -0.2) is 4.79 Å². The van der Waals surface area contributed by atoms with Gasteiger partial charge in [0.2, 0.25) is 17.7 Å². The molecule has 2 rings (SSSR count). The molecule has 0 aliphatic carbocycles. The van der Waals surface area contributed by atoms with E-state index in [1.54, 1.807) is 41.0 Å². The highest BCUT2D eigenvalue weighted by molar-refractivity contribution is 6.05. The zero-order valence-electron chi connectivity index (χ0n) is 16.4. The van der Waals surface area contributed by atoms with Crippen LogP contribution >= 0.6 is 0 Å². The molecule has 1 aliphatic heterocycles. The van der Waals surface area contributed by atoms with Gasteiger partial charge in [-0.1, -0.05) is 19.1 Å². The van der Waals surface area contributed by atoms with Crippen LogP contribution in [0, 0.1) is 0 Å². The van der Waals surface area contributed by atoms with Crippen molar-refractivity contribution in [2.75, 3.05) is 36.5 Å². The normalized spacial score (nSPS) is 16.1. The maximum Gasteiger partial charge on any atom is 0.413 e. The summed E-state index contributed by atoms with van der Waals surface area (Å²) in [5.74, 6) is -0.937. The molecule has 1 atom stereocenters. The molecule has 4 amide bonds. The van der Waals surface area contributed by atoms with Crippen molar-refractivity contribution in [1.82, 2.24) is 10.2 Å². The molecule has 0 saturated heterocycles. The summed E-state index contributed by atoms with van der Waals surface area (Å²) in [4.78, 5) is 51.6. The Kier molecular flexibility index (Phi) is 7.51. The third kappa shape index (κ3) is 5.53. The number of likely N-dealkylation sites (N-methyl/N-ethyl adjacent to an activating group) is 1. The van der Waals surface area contributed by atoms with Gasteiger partial charge in [0.25, 0.3) is 0 Å². The minimum absolute atomic E-state index is 0.0282. The molecule has 0 bridgehead atoms. The Morgan fingerprint density at radius 1 is 1.25 bits per heavy atom. The van der Waals surface area contributed by atoms with Crippen molar-refractivity contribution in [2.45, 2.75) is 33.2 Å². The number of benzene rings is 1. The Hall–Kier alpha value is -2.94. The van der Waals surface area contributed by atoms with Gasteiger partial charge in [0.1, 0.15) is 0 Å². The number of nitrogens with zero attached hydrogens (tertiary/aromatic N) is 2. The van der Waals surface area contributed by atoms with E-state index in [2.05, 4.69) is 15.4 Å². The van der Waals surface area contributed by atoms with Gasteiger partial charge in [-0.05, 0) is 32.5 Å². The number of anilines is 2. The van der Waals surface area contributed by atoms with Crippen LogP contribution in [-0.4, -0.2) is 61.0 Å². The number of imide groups is 1. The van der Waals surface area contributed by atoms with Crippen molar-refractivity contribution in [3.63, 3.8) is 0 Å². The van der Waals surface area contributed by atoms with Crippen LogP contribution in [0.3, 0.4) is 0 Å². The predicted octanol–water partition coefficient (Wildman–Crippen LogP) is 1.34. The Morgan fingerprint density at radius 2 is 1.96 bits per heavy atom. The van der Waals surface area contributed by atoms with E-state index in [4.69, 9.17) is 0 Å². The van der Waals surface area contributed by atoms with Crippen molar-refractivity contribution in [2.24, 2.45) is 0 Å². The third-order valence-corrected chi connectivity index (χ3v) is 4.32. The van der Waals surface area contributed by atoms with Crippen LogP contribution in [0.1, 0.15) is 27.2 Å². The zero-order chi connectivity index (χ0) is 20.7. The van der Waals surface area contributed by atoms with Crippen molar-refractivity contribution >= 4 is 35.2 Å². The minimum atomic E-state index is -0.811. The lowest BCUT2D eigenvalue weighted by Crippen LogP contribution is -2.47. The summed E-state index contributed by atoms with van der Waals surface area (Å²) in [6.07, 6.45) is -0.634. The number of fused-ring (bicyclic) bond motifs is 1. The van der Waals surface area contributed by atoms with Crippen LogP contribution in [0.4, 0.5) is 16.2 Å². The van der Waals surface area contributed by atoms with Crippen LogP contribution in [-0.2, 0) is 19.1 Å². The van der Waals surface area contributed by atoms with E-state index in [1.165, 1.54) is 0 Å². The third-order valence-electron chi connectivity index (χ3n) is 4.32. The first kappa shape index (κ1) is 21.4. The molecule has 1 aliphatic rings. The number of amides is 4. The number of ether oxygens (including phenoxy) is 1. The maximum absolute atomic E-state index is 13.0. The molecule has 0 saturated carbocycles. The zero-order valence-corrected chi connectivity index (χ0v) is 16.4. The lowest BCUT2D eigenvalue weighted by atomic mass is 10.1. The van der Waals surface area contributed by atoms with Gasteiger partial charge in [0.05, 0.1) is 31.1 Å². The number of para-hydroxylation sites is 2. The molecule has 28 heavy (non-hydrogen) atoms. The maximum atomic E-state index is 13.0. The van der Waals surface area contributed by atoms with E-state index in [1.807, 2.05) is 13.8 Å². The highest BCUT2D eigenvalue weighted by Crippen LogP contribution is 2.31. The predicted molar refractivity (Wildman–Crippen MR) is 104 cm³/mol. The van der Waals surface area contributed by atoms with Crippen LogP contribution in [0.15, 0.2) is 24.3 Å². The fourth-order valence-electron chi connectivity index (χ4n) is 3.04. The second-order valence-corrected chi connectivity index (χ2v) is 6.45. The molecular formula is C19H26N4O5. The SMILES string of the molecule is CCOC(=O)NC(=O)CN(CC)CC(=O)N1c2ccccc2NC(=O)C[C@H]1C. The molecule has 9 heteroatoms. The molecule has 1 heterocycles. The number of carbonyl (C=O) groups excluding carboxylic acids is 4. The summed E-state index contributed by atoms with van der Waals surface area (Å²) in [7, 11) is 0. The molecule has 152 valence electrons. The average molecular weight is 390 g/mol. The van der Waals surface area contributed by atoms with Gasteiger partial charge in [-0.3, -0.25) is 24.6 Å². The summed E-state index contributed by atoms with van der Waals surface area (Å²) >= 11 is 0. The lowest BCUT2D eigenvalue weighted by Gasteiger charge is -2.30. The second-order valence-electron chi connectivity index (χ2n) is 6.45. The quantitative estimate of drug-likeness (QED) is 0.759. The highest BCUT2D eigenvalue weighted by Gasteiger charge is 2.30. The lowest BCUT2D eigenvalue weighted by molar-refractivity contribution is -0.123. The molecule has 2 N–H and O–H groups in total. The van der Waals surface area contributed by atoms with Gasteiger partial charge >= 0.3 is 6.09 Å². The number of nitrogens with one attached hydrogen (secondary N) is 2. The van der Waals surface area contributed by atoms with Crippen LogP contribution < -0.4 is 15.5 Å². The Morgan fingerprint density at radius 3 is 2.64 bits per heavy atom. The average Bonchev–Trinajstić information content (AvgIpc) is 2.75. The van der Waals surface area contributed by atoms with Gasteiger partial charge in [0.15, 0.2) is 0 Å². The summed E-state index contributed by atoms with van der Waals surface area (Å²) in [5, 5.41) is 4.93. The molecule has 1 aromatic carbocycles. The number of alkyl carbamates (subject to hydrolysis) is 1. The smallest absolute Gasteiger partial charge is 0.413 e. The number of hydrogen-bond donors (Lipinski definition) is 2. The van der Waals surface area contributed by atoms with E-state index in [0.717, 1.165) is 0 Å². The van der Waals surface area contributed by atoms with Crippen molar-refractivity contribution in [3.05, 3.63) is 24.3 Å². The largest absolute Gasteiger partial charge is 0.450 e. The Labute approximate surface area is 164 Å². The fraction of sp³-hybridized carbons (Fsp3) is 0.474. The van der Waals surface area contributed by atoms with E-state index in [9.17, 15) is 19.2 Å². The highest BCUT2D eigenvalue weighted by atomic mass is 16.5. The van der Waals surface area contributed by atoms with E-state index in [0.29, 0.717) is 17.9 Å². The summed E-state index contributed by atoms with van der Waals surface area (Å²) in [6, 6.07) is 6.78. The molecule has 9 nitrogen and oxygen atoms in total. The monoisotopic (exact) mass is 390 g/mol. The minimum Gasteiger partial charge on any atom is -0.450 e. The number of hydrogen-bond acceptors (Lipinski definition) is 6. The van der Waals surface area contributed by atoms with Crippen molar-refractivity contribution in [3.8, 4) is 0 Å². The molecule has 1 aromatic rings. The first-order valence-corrected chi connectivity index (χ1v) is 9.25. The first-order valence-electron chi connectivity index (χ1n) is 9.25. The van der Waals surface area contributed by atoms with Gasteiger partial charge in [-0.2, -0.15) is 0 Å². The molecule has 0 aromatic heterocycles.